The fourth-order valence-electron chi connectivity index (χ4n) is 3.20. The number of nitrogens with zero attached hydrogens (tertiary/aromatic N) is 1. The molecule has 0 bridgehead atoms. The lowest BCUT2D eigenvalue weighted by molar-refractivity contribution is -0.116. The molecule has 1 aromatic heterocycles. The molecule has 0 aliphatic carbocycles. The molecular formula is C25H26N2O3. The summed E-state index contributed by atoms with van der Waals surface area (Å²) in [5.41, 5.74) is 4.39. The lowest BCUT2D eigenvalue weighted by Crippen LogP contribution is -2.15. The Morgan fingerprint density at radius 1 is 0.933 bits per heavy atom. The summed E-state index contributed by atoms with van der Waals surface area (Å²) >= 11 is 0. The molecule has 0 unspecified atom stereocenters. The number of aromatic carboxylic acids is 1. The Morgan fingerprint density at radius 3 is 2.20 bits per heavy atom. The van der Waals surface area contributed by atoms with Crippen LogP contribution in [0.25, 0.3) is 11.1 Å². The Hall–Kier alpha value is -3.47. The van der Waals surface area contributed by atoms with Crippen LogP contribution in [0.3, 0.4) is 0 Å². The highest BCUT2D eigenvalue weighted by Gasteiger charge is 2.15. The molecule has 154 valence electrons. The fourth-order valence-corrected chi connectivity index (χ4v) is 3.20. The van der Waals surface area contributed by atoms with Gasteiger partial charge in [-0.25, -0.2) is 4.79 Å². The number of carboxylic acids is 1. The molecule has 0 saturated heterocycles. The van der Waals surface area contributed by atoms with Gasteiger partial charge in [-0.3, -0.25) is 9.78 Å². The van der Waals surface area contributed by atoms with Crippen molar-refractivity contribution in [2.45, 2.75) is 39.0 Å². The number of nitrogens with one attached hydrogen (secondary N) is 1. The molecule has 0 atom stereocenters. The van der Waals surface area contributed by atoms with Crippen molar-refractivity contribution >= 4 is 17.6 Å². The molecule has 1 amide bonds. The van der Waals surface area contributed by atoms with Crippen LogP contribution in [-0.2, 0) is 16.6 Å². The van der Waals surface area contributed by atoms with Crippen molar-refractivity contribution in [3.8, 4) is 11.1 Å². The number of benzene rings is 2. The van der Waals surface area contributed by atoms with E-state index in [0.717, 1.165) is 16.7 Å². The average molecular weight is 402 g/mol. The molecule has 2 aromatic carbocycles. The minimum atomic E-state index is -1.08. The molecule has 1 heterocycles. The zero-order valence-electron chi connectivity index (χ0n) is 17.5. The number of carboxylic acid groups (broad SMARTS) is 1. The van der Waals surface area contributed by atoms with Gasteiger partial charge in [0.1, 0.15) is 0 Å². The van der Waals surface area contributed by atoms with Crippen LogP contribution < -0.4 is 5.32 Å². The van der Waals surface area contributed by atoms with Crippen LogP contribution in [0, 0.1) is 0 Å². The average Bonchev–Trinajstić information content (AvgIpc) is 2.72. The van der Waals surface area contributed by atoms with E-state index in [1.807, 2.05) is 24.3 Å². The lowest BCUT2D eigenvalue weighted by Gasteiger charge is -2.19. The number of carbonyl (C=O) groups excluding carboxylic acids is 1. The maximum Gasteiger partial charge on any atom is 0.337 e. The molecule has 30 heavy (non-hydrogen) atoms. The predicted octanol–water partition coefficient (Wildman–Crippen LogP) is 5.32. The number of aryl methyl sites for hydroxylation is 1. The van der Waals surface area contributed by atoms with Crippen LogP contribution in [0.5, 0.6) is 0 Å². The highest BCUT2D eigenvalue weighted by atomic mass is 16.4. The van der Waals surface area contributed by atoms with Crippen LogP contribution in [0.2, 0.25) is 0 Å². The van der Waals surface area contributed by atoms with Crippen molar-refractivity contribution in [1.82, 2.24) is 4.98 Å². The standard InChI is InChI=1S/C25H26N2O3/c1-25(2,3)20-8-4-17(5-9-20)6-11-23(28)27-22-10-7-19(16-21(22)24(29)30)18-12-14-26-15-13-18/h4-5,7-10,12-16H,6,11H2,1-3H3,(H,27,28)(H,29,30). The van der Waals surface area contributed by atoms with E-state index in [1.165, 1.54) is 5.56 Å². The minimum absolute atomic E-state index is 0.0622. The van der Waals surface area contributed by atoms with Gasteiger partial charge < -0.3 is 10.4 Å². The van der Waals surface area contributed by atoms with E-state index in [2.05, 4.69) is 43.2 Å². The summed E-state index contributed by atoms with van der Waals surface area (Å²) in [6.45, 7) is 6.49. The maximum absolute atomic E-state index is 12.4. The Kier molecular flexibility index (Phi) is 6.31. The van der Waals surface area contributed by atoms with Crippen molar-refractivity contribution in [2.24, 2.45) is 0 Å². The third kappa shape index (κ3) is 5.32. The van der Waals surface area contributed by atoms with Gasteiger partial charge in [0.25, 0.3) is 0 Å². The number of hydrogen-bond donors (Lipinski definition) is 2. The summed E-state index contributed by atoms with van der Waals surface area (Å²) in [5.74, 6) is -1.30. The van der Waals surface area contributed by atoms with Gasteiger partial charge >= 0.3 is 5.97 Å². The van der Waals surface area contributed by atoms with Crippen LogP contribution in [0.15, 0.2) is 67.0 Å². The Labute approximate surface area is 176 Å². The first-order valence-electron chi connectivity index (χ1n) is 9.91. The topological polar surface area (TPSA) is 79.3 Å². The lowest BCUT2D eigenvalue weighted by atomic mass is 9.86. The minimum Gasteiger partial charge on any atom is -0.478 e. The quantitative estimate of drug-likeness (QED) is 0.585. The summed E-state index contributed by atoms with van der Waals surface area (Å²) in [6, 6.07) is 16.9. The van der Waals surface area contributed by atoms with Crippen LogP contribution in [-0.4, -0.2) is 22.0 Å². The number of carbonyl (C=O) groups is 2. The molecule has 2 N–H and O–H groups in total. The van der Waals surface area contributed by atoms with E-state index < -0.39 is 5.97 Å². The number of rotatable bonds is 6. The third-order valence-corrected chi connectivity index (χ3v) is 5.00. The van der Waals surface area contributed by atoms with Gasteiger partial charge in [-0.1, -0.05) is 51.1 Å². The second-order valence-electron chi connectivity index (χ2n) is 8.30. The van der Waals surface area contributed by atoms with Gasteiger partial charge in [0.2, 0.25) is 5.91 Å². The van der Waals surface area contributed by atoms with Gasteiger partial charge in [0.05, 0.1) is 11.3 Å². The van der Waals surface area contributed by atoms with E-state index in [0.29, 0.717) is 12.1 Å². The second-order valence-corrected chi connectivity index (χ2v) is 8.30. The van der Waals surface area contributed by atoms with E-state index >= 15 is 0 Å². The van der Waals surface area contributed by atoms with Gasteiger partial charge in [0, 0.05) is 18.8 Å². The van der Waals surface area contributed by atoms with Gasteiger partial charge in [-0.05, 0) is 58.4 Å². The number of amides is 1. The number of anilines is 1. The molecule has 3 rings (SSSR count). The number of aromatic nitrogens is 1. The Balaban J connectivity index is 1.68. The van der Waals surface area contributed by atoms with Crippen LogP contribution in [0.4, 0.5) is 5.69 Å². The molecule has 0 spiro atoms. The third-order valence-electron chi connectivity index (χ3n) is 5.00. The zero-order chi connectivity index (χ0) is 21.7. The monoisotopic (exact) mass is 402 g/mol. The van der Waals surface area contributed by atoms with E-state index in [9.17, 15) is 14.7 Å². The summed E-state index contributed by atoms with van der Waals surface area (Å²) in [6.07, 6.45) is 4.17. The zero-order valence-corrected chi connectivity index (χ0v) is 17.5. The molecule has 0 fully saturated rings. The van der Waals surface area contributed by atoms with Crippen molar-refractivity contribution in [3.63, 3.8) is 0 Å². The highest BCUT2D eigenvalue weighted by molar-refractivity contribution is 6.01. The van der Waals surface area contributed by atoms with Crippen molar-refractivity contribution in [1.29, 1.82) is 0 Å². The summed E-state index contributed by atoms with van der Waals surface area (Å²) < 4.78 is 0. The molecule has 5 heteroatoms. The van der Waals surface area contributed by atoms with E-state index in [4.69, 9.17) is 0 Å². The highest BCUT2D eigenvalue weighted by Crippen LogP contribution is 2.26. The smallest absolute Gasteiger partial charge is 0.337 e. The largest absolute Gasteiger partial charge is 0.478 e. The number of pyridine rings is 1. The fraction of sp³-hybridized carbons (Fsp3) is 0.240. The van der Waals surface area contributed by atoms with Crippen LogP contribution >= 0.6 is 0 Å². The van der Waals surface area contributed by atoms with Crippen molar-refractivity contribution in [2.75, 3.05) is 5.32 Å². The van der Waals surface area contributed by atoms with E-state index in [-0.39, 0.29) is 23.3 Å². The van der Waals surface area contributed by atoms with Gasteiger partial charge in [-0.2, -0.15) is 0 Å². The summed E-state index contributed by atoms with van der Waals surface area (Å²) in [5, 5.41) is 12.3. The molecule has 0 aliphatic rings. The number of hydrogen-bond acceptors (Lipinski definition) is 3. The molecule has 3 aromatic rings. The first-order valence-corrected chi connectivity index (χ1v) is 9.91. The SMILES string of the molecule is CC(C)(C)c1ccc(CCC(=O)Nc2ccc(-c3ccncc3)cc2C(=O)O)cc1. The second kappa shape index (κ2) is 8.91. The Morgan fingerprint density at radius 2 is 1.60 bits per heavy atom. The molecule has 0 aliphatic heterocycles. The van der Waals surface area contributed by atoms with Gasteiger partial charge in [0.15, 0.2) is 0 Å². The van der Waals surface area contributed by atoms with Crippen LogP contribution in [0.1, 0.15) is 48.7 Å². The first-order chi connectivity index (χ1) is 14.2. The molecule has 0 radical (unpaired) electrons. The molecule has 5 nitrogen and oxygen atoms in total. The van der Waals surface area contributed by atoms with E-state index in [1.54, 1.807) is 30.6 Å². The van der Waals surface area contributed by atoms with Crippen molar-refractivity contribution < 1.29 is 14.7 Å². The molecule has 0 saturated carbocycles. The predicted molar refractivity (Wildman–Crippen MR) is 119 cm³/mol. The first kappa shape index (κ1) is 21.2. The summed E-state index contributed by atoms with van der Waals surface area (Å²) in [7, 11) is 0. The normalized spacial score (nSPS) is 11.2. The maximum atomic E-state index is 12.4. The molecular weight excluding hydrogens is 376 g/mol. The van der Waals surface area contributed by atoms with Gasteiger partial charge in [-0.15, -0.1) is 0 Å². The summed E-state index contributed by atoms with van der Waals surface area (Å²) in [4.78, 5) is 28.1. The Bertz CT molecular complexity index is 1040. The van der Waals surface area contributed by atoms with Crippen molar-refractivity contribution in [3.05, 3.63) is 83.7 Å².